The van der Waals surface area contributed by atoms with Crippen molar-refractivity contribution in [1.29, 1.82) is 0 Å². The van der Waals surface area contributed by atoms with Crippen molar-refractivity contribution in [2.24, 2.45) is 0 Å². The molecule has 1 saturated carbocycles. The third-order valence-electron chi connectivity index (χ3n) is 5.60. The average Bonchev–Trinajstić information content (AvgIpc) is 3.37. The van der Waals surface area contributed by atoms with Gasteiger partial charge in [-0.15, -0.1) is 0 Å². The highest BCUT2D eigenvalue weighted by Crippen LogP contribution is 2.27. The van der Waals surface area contributed by atoms with Crippen molar-refractivity contribution >= 4 is 22.5 Å². The second-order valence-electron chi connectivity index (χ2n) is 7.57. The lowest BCUT2D eigenvalue weighted by atomic mass is 9.93. The Kier molecular flexibility index (Phi) is 4.59. The molecular formula is C21H22N6O3. The summed E-state index contributed by atoms with van der Waals surface area (Å²) in [5.74, 6) is 0.990. The molecule has 0 saturated heterocycles. The molecule has 4 aromatic rings. The molecule has 3 aromatic heterocycles. The van der Waals surface area contributed by atoms with E-state index in [4.69, 9.17) is 4.74 Å². The highest BCUT2D eigenvalue weighted by atomic mass is 16.5. The number of imidazole rings is 1. The van der Waals surface area contributed by atoms with Crippen LogP contribution in [0.15, 0.2) is 42.9 Å². The Hall–Kier alpha value is -3.46. The van der Waals surface area contributed by atoms with E-state index in [0.29, 0.717) is 35.5 Å². The SMILES string of the molecule is COc1cc2nn(-c3cnc4cccnn34)cc2cc1C(=O)NC1CCC(O)CC1. The number of rotatable bonds is 4. The normalized spacial score (nSPS) is 19.3. The topological polar surface area (TPSA) is 107 Å². The van der Waals surface area contributed by atoms with Crippen LogP contribution in [0.2, 0.25) is 0 Å². The number of amides is 1. The fraction of sp³-hybridized carbons (Fsp3) is 0.333. The van der Waals surface area contributed by atoms with Crippen LogP contribution < -0.4 is 10.1 Å². The lowest BCUT2D eigenvalue weighted by Gasteiger charge is -2.26. The minimum absolute atomic E-state index is 0.0632. The number of hydrogen-bond donors (Lipinski definition) is 2. The first-order valence-corrected chi connectivity index (χ1v) is 9.98. The number of carbonyl (C=O) groups is 1. The molecule has 0 atom stereocenters. The van der Waals surface area contributed by atoms with Crippen LogP contribution in [0, 0.1) is 0 Å². The fourth-order valence-corrected chi connectivity index (χ4v) is 3.97. The van der Waals surface area contributed by atoms with Crippen LogP contribution in [0.5, 0.6) is 5.75 Å². The zero-order chi connectivity index (χ0) is 20.7. The quantitative estimate of drug-likeness (QED) is 0.538. The van der Waals surface area contributed by atoms with Crippen molar-refractivity contribution < 1.29 is 14.6 Å². The number of aliphatic hydroxyl groups excluding tert-OH is 1. The molecule has 2 N–H and O–H groups in total. The standard InChI is InChI=1S/C21H22N6O3/c1-30-18-10-17-13(9-16(18)21(29)24-14-4-6-15(28)7-5-14)12-26(25-17)20-11-22-19-3-2-8-23-27(19)20/h2-3,8-12,14-15,28H,4-7H2,1H3,(H,24,29). The number of aliphatic hydroxyl groups is 1. The van der Waals surface area contributed by atoms with Crippen molar-refractivity contribution in [2.75, 3.05) is 7.11 Å². The lowest BCUT2D eigenvalue weighted by Crippen LogP contribution is -2.38. The van der Waals surface area contributed by atoms with Crippen molar-refractivity contribution in [2.45, 2.75) is 37.8 Å². The third-order valence-corrected chi connectivity index (χ3v) is 5.60. The molecule has 1 aliphatic rings. The van der Waals surface area contributed by atoms with Gasteiger partial charge in [-0.3, -0.25) is 4.79 Å². The highest BCUT2D eigenvalue weighted by Gasteiger charge is 2.23. The highest BCUT2D eigenvalue weighted by molar-refractivity contribution is 6.01. The van der Waals surface area contributed by atoms with E-state index < -0.39 is 0 Å². The van der Waals surface area contributed by atoms with E-state index in [-0.39, 0.29) is 18.1 Å². The monoisotopic (exact) mass is 406 g/mol. The molecule has 3 heterocycles. The molecule has 1 aromatic carbocycles. The summed E-state index contributed by atoms with van der Waals surface area (Å²) in [5, 5.41) is 22.5. The molecule has 9 heteroatoms. The van der Waals surface area contributed by atoms with Gasteiger partial charge in [-0.25, -0.2) is 9.67 Å². The molecule has 0 aliphatic heterocycles. The smallest absolute Gasteiger partial charge is 0.255 e. The van der Waals surface area contributed by atoms with Gasteiger partial charge in [0, 0.05) is 29.9 Å². The Morgan fingerprint density at radius 1 is 1.27 bits per heavy atom. The van der Waals surface area contributed by atoms with E-state index in [2.05, 4.69) is 20.5 Å². The van der Waals surface area contributed by atoms with Crippen LogP contribution in [0.1, 0.15) is 36.0 Å². The van der Waals surface area contributed by atoms with Gasteiger partial charge in [0.25, 0.3) is 5.91 Å². The van der Waals surface area contributed by atoms with Gasteiger partial charge in [-0.05, 0) is 43.9 Å². The zero-order valence-electron chi connectivity index (χ0n) is 16.5. The predicted octanol–water partition coefficient (Wildman–Crippen LogP) is 2.11. The largest absolute Gasteiger partial charge is 0.496 e. The average molecular weight is 406 g/mol. The van der Waals surface area contributed by atoms with Crippen LogP contribution in [-0.4, -0.2) is 54.6 Å². The molecule has 5 rings (SSSR count). The Morgan fingerprint density at radius 3 is 2.90 bits per heavy atom. The van der Waals surface area contributed by atoms with Crippen molar-refractivity contribution in [3.63, 3.8) is 0 Å². The van der Waals surface area contributed by atoms with Gasteiger partial charge >= 0.3 is 0 Å². The van der Waals surface area contributed by atoms with Gasteiger partial charge in [0.1, 0.15) is 5.75 Å². The molecule has 1 amide bonds. The summed E-state index contributed by atoms with van der Waals surface area (Å²) in [7, 11) is 1.54. The van der Waals surface area contributed by atoms with Gasteiger partial charge in [-0.2, -0.15) is 14.7 Å². The van der Waals surface area contributed by atoms with Crippen LogP contribution in [-0.2, 0) is 0 Å². The van der Waals surface area contributed by atoms with Crippen molar-refractivity contribution in [1.82, 2.24) is 29.7 Å². The molecule has 9 nitrogen and oxygen atoms in total. The summed E-state index contributed by atoms with van der Waals surface area (Å²) in [5.41, 5.74) is 1.89. The molecule has 0 spiro atoms. The van der Waals surface area contributed by atoms with E-state index in [0.717, 1.165) is 23.9 Å². The third kappa shape index (κ3) is 3.26. The number of hydrogen-bond acceptors (Lipinski definition) is 6. The summed E-state index contributed by atoms with van der Waals surface area (Å²) in [6.07, 6.45) is 7.95. The second-order valence-corrected chi connectivity index (χ2v) is 7.57. The molecule has 0 bridgehead atoms. The van der Waals surface area contributed by atoms with E-state index >= 15 is 0 Å². The second kappa shape index (κ2) is 7.42. The summed E-state index contributed by atoms with van der Waals surface area (Å²) < 4.78 is 8.87. The fourth-order valence-electron chi connectivity index (χ4n) is 3.97. The lowest BCUT2D eigenvalue weighted by molar-refractivity contribution is 0.0865. The van der Waals surface area contributed by atoms with Gasteiger partial charge in [0.15, 0.2) is 11.5 Å². The minimum atomic E-state index is -0.260. The van der Waals surface area contributed by atoms with Gasteiger partial charge in [0.05, 0.1) is 30.5 Å². The number of aromatic nitrogens is 5. The Balaban J connectivity index is 1.48. The maximum atomic E-state index is 12.9. The van der Waals surface area contributed by atoms with E-state index in [9.17, 15) is 9.90 Å². The van der Waals surface area contributed by atoms with Crippen molar-refractivity contribution in [3.05, 3.63) is 48.4 Å². The van der Waals surface area contributed by atoms with Crippen molar-refractivity contribution in [3.8, 4) is 11.6 Å². The number of methoxy groups -OCH3 is 1. The molecule has 154 valence electrons. The van der Waals surface area contributed by atoms with E-state index in [1.54, 1.807) is 40.8 Å². The number of fused-ring (bicyclic) bond motifs is 2. The molecule has 30 heavy (non-hydrogen) atoms. The molecule has 1 fully saturated rings. The summed E-state index contributed by atoms with van der Waals surface area (Å²) in [4.78, 5) is 17.3. The Morgan fingerprint density at radius 2 is 2.10 bits per heavy atom. The summed E-state index contributed by atoms with van der Waals surface area (Å²) >= 11 is 0. The van der Waals surface area contributed by atoms with Gasteiger partial charge < -0.3 is 15.2 Å². The number of nitrogens with one attached hydrogen (secondary N) is 1. The predicted molar refractivity (Wildman–Crippen MR) is 110 cm³/mol. The maximum absolute atomic E-state index is 12.9. The van der Waals surface area contributed by atoms with Crippen LogP contribution in [0.3, 0.4) is 0 Å². The van der Waals surface area contributed by atoms with E-state index in [1.165, 1.54) is 0 Å². The first kappa shape index (κ1) is 18.6. The zero-order valence-corrected chi connectivity index (χ0v) is 16.5. The summed E-state index contributed by atoms with van der Waals surface area (Å²) in [6.45, 7) is 0. The molecule has 1 aliphatic carbocycles. The molecular weight excluding hydrogens is 384 g/mol. The first-order chi connectivity index (χ1) is 14.6. The van der Waals surface area contributed by atoms with Crippen LogP contribution in [0.4, 0.5) is 0 Å². The molecule has 0 unspecified atom stereocenters. The van der Waals surface area contributed by atoms with Gasteiger partial charge in [0.2, 0.25) is 0 Å². The number of benzene rings is 1. The first-order valence-electron chi connectivity index (χ1n) is 9.98. The summed E-state index contributed by atoms with van der Waals surface area (Å²) in [6, 6.07) is 7.32. The number of nitrogens with zero attached hydrogens (tertiary/aromatic N) is 5. The Bertz CT molecular complexity index is 1220. The van der Waals surface area contributed by atoms with Crippen LogP contribution in [0.25, 0.3) is 22.4 Å². The Labute approximate surface area is 172 Å². The minimum Gasteiger partial charge on any atom is -0.496 e. The number of carbonyl (C=O) groups excluding carboxylic acids is 1. The molecule has 0 radical (unpaired) electrons. The van der Waals surface area contributed by atoms with E-state index in [1.807, 2.05) is 18.3 Å². The van der Waals surface area contributed by atoms with Crippen LogP contribution >= 0.6 is 0 Å². The number of ether oxygens (including phenoxy) is 1. The maximum Gasteiger partial charge on any atom is 0.255 e. The van der Waals surface area contributed by atoms with Gasteiger partial charge in [-0.1, -0.05) is 0 Å².